The maximum Gasteiger partial charge on any atom is 0.124 e. The molecule has 1 heteroatoms. The first-order valence-corrected chi connectivity index (χ1v) is 5.56. The molecule has 0 aromatic heterocycles. The Kier molecular flexibility index (Phi) is 8.75. The third-order valence-corrected chi connectivity index (χ3v) is 2.28. The fraction of sp³-hybridized carbons (Fsp3) is 0.500. The molecule has 0 rings (SSSR count). The summed E-state index contributed by atoms with van der Waals surface area (Å²) < 4.78 is 0. The number of rotatable bonds is 7. The SMILES string of the molecule is CC=CCCC(C)=CC/C=C(\C)CC=O. The topological polar surface area (TPSA) is 17.1 Å². The van der Waals surface area contributed by atoms with Gasteiger partial charge in [0.25, 0.3) is 0 Å². The number of hydrogen-bond acceptors (Lipinski definition) is 1. The molecule has 0 unspecified atom stereocenters. The summed E-state index contributed by atoms with van der Waals surface area (Å²) in [5.74, 6) is 0. The second kappa shape index (κ2) is 9.45. The first-order chi connectivity index (χ1) is 7.20. The Bertz CT molecular complexity index is 257. The van der Waals surface area contributed by atoms with Gasteiger partial charge in [-0.2, -0.15) is 0 Å². The molecule has 0 amide bonds. The van der Waals surface area contributed by atoms with Crippen LogP contribution < -0.4 is 0 Å². The Balaban J connectivity index is 3.84. The smallest absolute Gasteiger partial charge is 0.124 e. The van der Waals surface area contributed by atoms with Gasteiger partial charge < -0.3 is 4.79 Å². The highest BCUT2D eigenvalue weighted by atomic mass is 16.1. The molecule has 0 aliphatic rings. The van der Waals surface area contributed by atoms with Gasteiger partial charge in [-0.3, -0.25) is 0 Å². The molecule has 0 aromatic carbocycles. The van der Waals surface area contributed by atoms with E-state index in [0.29, 0.717) is 6.42 Å². The Labute approximate surface area is 93.6 Å². The quantitative estimate of drug-likeness (QED) is 0.450. The van der Waals surface area contributed by atoms with Gasteiger partial charge in [-0.05, 0) is 40.0 Å². The first kappa shape index (κ1) is 13.9. The van der Waals surface area contributed by atoms with E-state index in [1.54, 1.807) is 0 Å². The van der Waals surface area contributed by atoms with Crippen LogP contribution in [0, 0.1) is 0 Å². The molecule has 0 aromatic rings. The highest BCUT2D eigenvalue weighted by Crippen LogP contribution is 2.07. The highest BCUT2D eigenvalue weighted by Gasteiger charge is 1.88. The van der Waals surface area contributed by atoms with Gasteiger partial charge in [0.1, 0.15) is 6.29 Å². The number of aldehydes is 1. The first-order valence-electron chi connectivity index (χ1n) is 5.56. The average molecular weight is 206 g/mol. The second-order valence-corrected chi connectivity index (χ2v) is 3.82. The zero-order chi connectivity index (χ0) is 11.5. The third-order valence-electron chi connectivity index (χ3n) is 2.28. The maximum atomic E-state index is 10.2. The van der Waals surface area contributed by atoms with Crippen LogP contribution in [-0.2, 0) is 4.79 Å². The van der Waals surface area contributed by atoms with Gasteiger partial charge in [0.05, 0.1) is 0 Å². The van der Waals surface area contributed by atoms with Crippen LogP contribution in [0.2, 0.25) is 0 Å². The van der Waals surface area contributed by atoms with Crippen LogP contribution in [0.4, 0.5) is 0 Å². The van der Waals surface area contributed by atoms with Gasteiger partial charge >= 0.3 is 0 Å². The summed E-state index contributed by atoms with van der Waals surface area (Å²) >= 11 is 0. The summed E-state index contributed by atoms with van der Waals surface area (Å²) in [7, 11) is 0. The normalized spacial score (nSPS) is 13.5. The van der Waals surface area contributed by atoms with Crippen LogP contribution in [0.15, 0.2) is 35.5 Å². The van der Waals surface area contributed by atoms with Crippen molar-refractivity contribution >= 4 is 6.29 Å². The largest absolute Gasteiger partial charge is 0.303 e. The predicted octanol–water partition coefficient (Wildman–Crippen LogP) is 4.21. The fourth-order valence-corrected chi connectivity index (χ4v) is 1.26. The number of carbonyl (C=O) groups excluding carboxylic acids is 1. The lowest BCUT2D eigenvalue weighted by atomic mass is 10.1. The van der Waals surface area contributed by atoms with Crippen LogP contribution in [0.25, 0.3) is 0 Å². The van der Waals surface area contributed by atoms with E-state index in [9.17, 15) is 4.79 Å². The molecular formula is C14H22O. The van der Waals surface area contributed by atoms with Crippen molar-refractivity contribution in [2.45, 2.75) is 46.5 Å². The molecule has 84 valence electrons. The highest BCUT2D eigenvalue weighted by molar-refractivity contribution is 5.53. The molecule has 0 saturated carbocycles. The van der Waals surface area contributed by atoms with E-state index >= 15 is 0 Å². The molecule has 0 radical (unpaired) electrons. The van der Waals surface area contributed by atoms with Crippen molar-refractivity contribution in [3.05, 3.63) is 35.5 Å². The Morgan fingerprint density at radius 3 is 2.40 bits per heavy atom. The number of carbonyl (C=O) groups is 1. The summed E-state index contributed by atoms with van der Waals surface area (Å²) in [5, 5.41) is 0. The number of allylic oxidation sites excluding steroid dienone is 6. The molecule has 0 bridgehead atoms. The van der Waals surface area contributed by atoms with Gasteiger partial charge in [-0.1, -0.05) is 35.5 Å². The minimum Gasteiger partial charge on any atom is -0.303 e. The molecule has 0 fully saturated rings. The zero-order valence-corrected chi connectivity index (χ0v) is 10.1. The lowest BCUT2D eigenvalue weighted by Crippen LogP contribution is -1.79. The Morgan fingerprint density at radius 1 is 1.13 bits per heavy atom. The molecule has 0 spiro atoms. The van der Waals surface area contributed by atoms with Crippen molar-refractivity contribution in [3.8, 4) is 0 Å². The molecule has 0 N–H and O–H groups in total. The van der Waals surface area contributed by atoms with E-state index in [4.69, 9.17) is 0 Å². The van der Waals surface area contributed by atoms with E-state index in [-0.39, 0.29) is 0 Å². The molecule has 0 atom stereocenters. The van der Waals surface area contributed by atoms with E-state index in [2.05, 4.69) is 31.2 Å². The third kappa shape index (κ3) is 9.20. The molecule has 1 nitrogen and oxygen atoms in total. The van der Waals surface area contributed by atoms with E-state index < -0.39 is 0 Å². The van der Waals surface area contributed by atoms with Gasteiger partial charge in [0.2, 0.25) is 0 Å². The molecule has 0 heterocycles. The van der Waals surface area contributed by atoms with Gasteiger partial charge in [0.15, 0.2) is 0 Å². The zero-order valence-electron chi connectivity index (χ0n) is 10.1. The van der Waals surface area contributed by atoms with Gasteiger partial charge in [-0.15, -0.1) is 0 Å². The maximum absolute atomic E-state index is 10.2. The van der Waals surface area contributed by atoms with Crippen LogP contribution in [0.3, 0.4) is 0 Å². The van der Waals surface area contributed by atoms with Crippen LogP contribution in [0.1, 0.15) is 46.5 Å². The summed E-state index contributed by atoms with van der Waals surface area (Å²) in [4.78, 5) is 10.2. The Morgan fingerprint density at radius 2 is 1.80 bits per heavy atom. The number of hydrogen-bond donors (Lipinski definition) is 0. The fourth-order valence-electron chi connectivity index (χ4n) is 1.26. The molecule has 15 heavy (non-hydrogen) atoms. The van der Waals surface area contributed by atoms with Crippen molar-refractivity contribution < 1.29 is 4.79 Å². The molecule has 0 saturated heterocycles. The minimum absolute atomic E-state index is 0.561. The van der Waals surface area contributed by atoms with E-state index in [1.165, 1.54) is 5.57 Å². The monoisotopic (exact) mass is 206 g/mol. The van der Waals surface area contributed by atoms with Gasteiger partial charge in [-0.25, -0.2) is 0 Å². The summed E-state index contributed by atoms with van der Waals surface area (Å²) in [6, 6.07) is 0. The van der Waals surface area contributed by atoms with Crippen molar-refractivity contribution in [1.29, 1.82) is 0 Å². The van der Waals surface area contributed by atoms with Crippen molar-refractivity contribution in [2.24, 2.45) is 0 Å². The van der Waals surface area contributed by atoms with E-state index in [1.807, 2.05) is 13.8 Å². The lowest BCUT2D eigenvalue weighted by Gasteiger charge is -1.97. The summed E-state index contributed by atoms with van der Waals surface area (Å²) in [5.41, 5.74) is 2.57. The van der Waals surface area contributed by atoms with Crippen LogP contribution in [0.5, 0.6) is 0 Å². The van der Waals surface area contributed by atoms with Crippen molar-refractivity contribution in [2.75, 3.05) is 0 Å². The average Bonchev–Trinajstić information content (AvgIpc) is 2.18. The lowest BCUT2D eigenvalue weighted by molar-refractivity contribution is -0.107. The standard InChI is InChI=1S/C14H22O/c1-4-5-6-8-13(2)9-7-10-14(3)11-12-15/h4-5,9-10,12H,6-8,11H2,1-3H3/b5-4?,13-9?,14-10+. The Hall–Kier alpha value is -1.11. The van der Waals surface area contributed by atoms with Gasteiger partial charge in [0, 0.05) is 6.42 Å². The minimum atomic E-state index is 0.561. The van der Waals surface area contributed by atoms with Crippen molar-refractivity contribution in [1.82, 2.24) is 0 Å². The summed E-state index contributed by atoms with van der Waals surface area (Å²) in [6.07, 6.45) is 13.3. The van der Waals surface area contributed by atoms with E-state index in [0.717, 1.165) is 31.1 Å². The van der Waals surface area contributed by atoms with Crippen LogP contribution in [-0.4, -0.2) is 6.29 Å². The van der Waals surface area contributed by atoms with Crippen molar-refractivity contribution in [3.63, 3.8) is 0 Å². The second-order valence-electron chi connectivity index (χ2n) is 3.82. The molecule has 0 aliphatic carbocycles. The van der Waals surface area contributed by atoms with Crippen LogP contribution >= 0.6 is 0 Å². The molecular weight excluding hydrogens is 184 g/mol. The predicted molar refractivity (Wildman–Crippen MR) is 66.9 cm³/mol. The summed E-state index contributed by atoms with van der Waals surface area (Å²) in [6.45, 7) is 6.20. The molecule has 0 aliphatic heterocycles.